The molecule has 2 aliphatic heterocycles. The maximum atomic E-state index is 6.59. The molecule has 0 aliphatic carbocycles. The van der Waals surface area contributed by atoms with Gasteiger partial charge in [0.05, 0.1) is 30.2 Å². The zero-order valence-electron chi connectivity index (χ0n) is 22.9. The molecule has 7 nitrogen and oxygen atoms in total. The third-order valence-electron chi connectivity index (χ3n) is 7.54. The van der Waals surface area contributed by atoms with Gasteiger partial charge >= 0.3 is 0 Å². The normalized spacial score (nSPS) is 20.7. The van der Waals surface area contributed by atoms with E-state index in [1.54, 1.807) is 24.7 Å². The standard InChI is InChI=1S/C32H31Cl3N4O3/c33-25-5-3-22(4-6-25)2-1-11-38-12-9-23-15-31(30(36)14-24(23)17-38)40-18-27-19-41-32(42-27,20-39-13-10-37-21-39)28-8-7-26(34)16-29(28)35/h1-8,10,13-16,21,27H,9,11-12,17-20,36H2/b2-1+/t27-,32-/m1/s1. The van der Waals surface area contributed by atoms with E-state index in [1.807, 2.05) is 47.2 Å². The topological polar surface area (TPSA) is 74.8 Å². The van der Waals surface area contributed by atoms with Crippen molar-refractivity contribution in [3.8, 4) is 5.75 Å². The molecule has 0 unspecified atom stereocenters. The molecule has 1 fully saturated rings. The van der Waals surface area contributed by atoms with Gasteiger partial charge < -0.3 is 24.5 Å². The van der Waals surface area contributed by atoms with E-state index in [1.165, 1.54) is 11.1 Å². The molecule has 218 valence electrons. The Morgan fingerprint density at radius 2 is 1.88 bits per heavy atom. The first-order chi connectivity index (χ1) is 20.4. The van der Waals surface area contributed by atoms with E-state index in [2.05, 4.69) is 28.1 Å². The molecule has 6 rings (SSSR count). The fourth-order valence-corrected chi connectivity index (χ4v) is 6.09. The lowest BCUT2D eigenvalue weighted by Crippen LogP contribution is -2.34. The van der Waals surface area contributed by atoms with Gasteiger partial charge in [0.2, 0.25) is 5.79 Å². The van der Waals surface area contributed by atoms with Gasteiger partial charge in [-0.1, -0.05) is 65.2 Å². The van der Waals surface area contributed by atoms with Crippen LogP contribution in [0.5, 0.6) is 5.75 Å². The van der Waals surface area contributed by atoms with E-state index in [9.17, 15) is 0 Å². The lowest BCUT2D eigenvalue weighted by atomic mass is 9.98. The number of nitrogens with two attached hydrogens (primary N) is 1. The highest BCUT2D eigenvalue weighted by Crippen LogP contribution is 2.41. The van der Waals surface area contributed by atoms with Gasteiger partial charge in [0.25, 0.3) is 0 Å². The fourth-order valence-electron chi connectivity index (χ4n) is 5.41. The van der Waals surface area contributed by atoms with Crippen LogP contribution in [0.2, 0.25) is 15.1 Å². The van der Waals surface area contributed by atoms with E-state index in [-0.39, 0.29) is 12.7 Å². The van der Waals surface area contributed by atoms with Crippen molar-refractivity contribution >= 4 is 46.6 Å². The minimum atomic E-state index is -1.11. The average molecular weight is 626 g/mol. The summed E-state index contributed by atoms with van der Waals surface area (Å²) < 4.78 is 20.9. The zero-order chi connectivity index (χ0) is 29.1. The van der Waals surface area contributed by atoms with Crippen LogP contribution in [-0.2, 0) is 34.8 Å². The number of benzene rings is 3. The van der Waals surface area contributed by atoms with Crippen LogP contribution in [0.4, 0.5) is 5.69 Å². The molecule has 0 bridgehead atoms. The first-order valence-corrected chi connectivity index (χ1v) is 14.9. The summed E-state index contributed by atoms with van der Waals surface area (Å²) in [7, 11) is 0. The van der Waals surface area contributed by atoms with Gasteiger partial charge in [-0.25, -0.2) is 4.98 Å². The summed E-state index contributed by atoms with van der Waals surface area (Å²) in [6, 6.07) is 17.2. The minimum absolute atomic E-state index is 0.279. The molecule has 0 radical (unpaired) electrons. The second kappa shape index (κ2) is 12.7. The van der Waals surface area contributed by atoms with Crippen molar-refractivity contribution < 1.29 is 14.2 Å². The first kappa shape index (κ1) is 29.1. The Hall–Kier alpha value is -3.04. The first-order valence-electron chi connectivity index (χ1n) is 13.8. The maximum Gasteiger partial charge on any atom is 0.215 e. The van der Waals surface area contributed by atoms with Crippen molar-refractivity contribution in [2.75, 3.05) is 32.0 Å². The Labute approximate surface area is 260 Å². The van der Waals surface area contributed by atoms with Gasteiger partial charge in [-0.15, -0.1) is 0 Å². The van der Waals surface area contributed by atoms with Crippen molar-refractivity contribution in [3.05, 3.63) is 117 Å². The van der Waals surface area contributed by atoms with Crippen LogP contribution in [0, 0.1) is 0 Å². The van der Waals surface area contributed by atoms with Crippen LogP contribution in [0.25, 0.3) is 6.08 Å². The largest absolute Gasteiger partial charge is 0.489 e. The van der Waals surface area contributed by atoms with Crippen LogP contribution >= 0.6 is 34.8 Å². The second-order valence-corrected chi connectivity index (χ2v) is 11.9. The van der Waals surface area contributed by atoms with E-state index in [4.69, 9.17) is 54.7 Å². The Balaban J connectivity index is 1.09. The second-order valence-electron chi connectivity index (χ2n) is 10.6. The molecule has 2 atom stereocenters. The highest BCUT2D eigenvalue weighted by Gasteiger charge is 2.45. The molecule has 1 saturated heterocycles. The number of aromatic nitrogens is 2. The smallest absolute Gasteiger partial charge is 0.215 e. The molecule has 0 saturated carbocycles. The molecule has 42 heavy (non-hydrogen) atoms. The molecule has 2 N–H and O–H groups in total. The summed E-state index contributed by atoms with van der Waals surface area (Å²) in [6.45, 7) is 3.63. The lowest BCUT2D eigenvalue weighted by Gasteiger charge is -2.30. The number of anilines is 1. The molecule has 3 aromatic carbocycles. The molecule has 10 heteroatoms. The van der Waals surface area contributed by atoms with Gasteiger partial charge in [-0.05, 0) is 59.5 Å². The van der Waals surface area contributed by atoms with E-state index in [0.29, 0.717) is 40.2 Å². The summed E-state index contributed by atoms with van der Waals surface area (Å²) in [5, 5.41) is 1.75. The Morgan fingerprint density at radius 1 is 1.05 bits per heavy atom. The average Bonchev–Trinajstić information content (AvgIpc) is 3.63. The molecule has 3 heterocycles. The van der Waals surface area contributed by atoms with Crippen molar-refractivity contribution in [1.29, 1.82) is 0 Å². The number of rotatable bonds is 9. The number of nitrogen functional groups attached to an aromatic ring is 1. The van der Waals surface area contributed by atoms with E-state index < -0.39 is 5.79 Å². The SMILES string of the molecule is Nc1cc2c(cc1OC[C@@H]1CO[C@@](Cn3ccnc3)(c3ccc(Cl)cc3Cl)O1)CCN(C/C=C/c1ccc(Cl)cc1)C2. The molecule has 4 aromatic rings. The van der Waals surface area contributed by atoms with Crippen LogP contribution in [0.15, 0.2) is 79.4 Å². The highest BCUT2D eigenvalue weighted by atomic mass is 35.5. The molecule has 0 amide bonds. The number of hydrogen-bond acceptors (Lipinski definition) is 6. The van der Waals surface area contributed by atoms with E-state index >= 15 is 0 Å². The molecule has 2 aliphatic rings. The van der Waals surface area contributed by atoms with Crippen LogP contribution < -0.4 is 10.5 Å². The van der Waals surface area contributed by atoms with Gasteiger partial charge in [0.15, 0.2) is 0 Å². The van der Waals surface area contributed by atoms with Crippen LogP contribution in [-0.4, -0.2) is 46.9 Å². The number of fused-ring (bicyclic) bond motifs is 1. The predicted molar refractivity (Wildman–Crippen MR) is 167 cm³/mol. The number of nitrogens with zero attached hydrogens (tertiary/aromatic N) is 3. The van der Waals surface area contributed by atoms with Gasteiger partial charge in [0.1, 0.15) is 18.5 Å². The summed E-state index contributed by atoms with van der Waals surface area (Å²) in [4.78, 5) is 6.55. The maximum absolute atomic E-state index is 6.59. The van der Waals surface area contributed by atoms with Gasteiger partial charge in [-0.2, -0.15) is 0 Å². The summed E-state index contributed by atoms with van der Waals surface area (Å²) in [6.07, 6.45) is 10.2. The van der Waals surface area contributed by atoms with Crippen molar-refractivity contribution in [3.63, 3.8) is 0 Å². The van der Waals surface area contributed by atoms with E-state index in [0.717, 1.165) is 36.6 Å². The molecule has 1 aromatic heterocycles. The summed E-state index contributed by atoms with van der Waals surface area (Å²) in [5.74, 6) is -0.450. The number of halogens is 3. The predicted octanol–water partition coefficient (Wildman–Crippen LogP) is 6.84. The number of ether oxygens (including phenoxy) is 3. The van der Waals surface area contributed by atoms with Gasteiger partial charge in [-0.3, -0.25) is 4.90 Å². The third kappa shape index (κ3) is 6.62. The number of hydrogen-bond donors (Lipinski definition) is 1. The molecule has 0 spiro atoms. The van der Waals surface area contributed by atoms with Crippen molar-refractivity contribution in [1.82, 2.24) is 14.5 Å². The van der Waals surface area contributed by atoms with Crippen molar-refractivity contribution in [2.45, 2.75) is 31.4 Å². The molecular formula is C32H31Cl3N4O3. The Bertz CT molecular complexity index is 1560. The highest BCUT2D eigenvalue weighted by molar-refractivity contribution is 6.35. The van der Waals surface area contributed by atoms with Crippen LogP contribution in [0.3, 0.4) is 0 Å². The van der Waals surface area contributed by atoms with Gasteiger partial charge in [0, 0.05) is 47.6 Å². The third-order valence-corrected chi connectivity index (χ3v) is 8.34. The quantitative estimate of drug-likeness (QED) is 0.205. The Morgan fingerprint density at radius 3 is 2.67 bits per heavy atom. The number of imidazole rings is 1. The Kier molecular flexibility index (Phi) is 8.77. The fraction of sp³-hybridized carbons (Fsp3) is 0.281. The van der Waals surface area contributed by atoms with Crippen molar-refractivity contribution in [2.24, 2.45) is 0 Å². The zero-order valence-corrected chi connectivity index (χ0v) is 25.2. The molecular weight excluding hydrogens is 595 g/mol. The van der Waals surface area contributed by atoms with Crippen LogP contribution in [0.1, 0.15) is 22.3 Å². The summed E-state index contributed by atoms with van der Waals surface area (Å²) in [5.41, 5.74) is 11.4. The lowest BCUT2D eigenvalue weighted by molar-refractivity contribution is -0.189. The minimum Gasteiger partial charge on any atom is -0.489 e. The summed E-state index contributed by atoms with van der Waals surface area (Å²) >= 11 is 18.7. The monoisotopic (exact) mass is 624 g/mol.